The fourth-order valence-corrected chi connectivity index (χ4v) is 2.25. The molecule has 1 N–H and O–H groups in total. The topological polar surface area (TPSA) is 111 Å². The van der Waals surface area contributed by atoms with Crippen molar-refractivity contribution < 1.29 is 22.4 Å². The number of carbonyl (C=O) groups is 1. The zero-order valence-electron chi connectivity index (χ0n) is 12.1. The largest absolute Gasteiger partial charge is 0.408 e. The van der Waals surface area contributed by atoms with Gasteiger partial charge in [-0.25, -0.2) is 8.42 Å². The van der Waals surface area contributed by atoms with E-state index in [1.807, 2.05) is 0 Å². The number of aromatic nitrogens is 2. The van der Waals surface area contributed by atoms with Crippen LogP contribution in [0, 0.1) is 0 Å². The van der Waals surface area contributed by atoms with Gasteiger partial charge in [0, 0.05) is 25.3 Å². The number of anilines is 1. The molecular formula is C13H15N3O5S. The third-order valence-electron chi connectivity index (χ3n) is 2.75. The summed E-state index contributed by atoms with van der Waals surface area (Å²) in [4.78, 5) is 12.1. The van der Waals surface area contributed by atoms with Gasteiger partial charge in [-0.3, -0.25) is 10.1 Å². The fraction of sp³-hybridized carbons (Fsp3) is 0.308. The summed E-state index contributed by atoms with van der Waals surface area (Å²) in [6.07, 6.45) is 1.55. The molecule has 0 aliphatic rings. The minimum atomic E-state index is -3.29. The summed E-state index contributed by atoms with van der Waals surface area (Å²) in [5.41, 5.74) is 0.282. The van der Waals surface area contributed by atoms with E-state index in [-0.39, 0.29) is 16.5 Å². The van der Waals surface area contributed by atoms with E-state index in [0.717, 1.165) is 6.26 Å². The van der Waals surface area contributed by atoms with E-state index in [4.69, 9.17) is 9.15 Å². The lowest BCUT2D eigenvalue weighted by Gasteiger charge is -2.02. The third kappa shape index (κ3) is 4.12. The summed E-state index contributed by atoms with van der Waals surface area (Å²) in [5.74, 6) is -0.119. The van der Waals surface area contributed by atoms with Crippen LogP contribution >= 0.6 is 0 Å². The first kappa shape index (κ1) is 16.1. The summed E-state index contributed by atoms with van der Waals surface area (Å²) in [6.45, 7) is 0.433. The van der Waals surface area contributed by atoms with Gasteiger partial charge < -0.3 is 9.15 Å². The van der Waals surface area contributed by atoms with Gasteiger partial charge in [-0.1, -0.05) is 5.10 Å². The number of methoxy groups -OCH3 is 1. The highest BCUT2D eigenvalue weighted by Gasteiger charge is 2.13. The third-order valence-corrected chi connectivity index (χ3v) is 3.88. The zero-order valence-corrected chi connectivity index (χ0v) is 12.9. The molecule has 8 nitrogen and oxygen atoms in total. The van der Waals surface area contributed by atoms with E-state index in [2.05, 4.69) is 15.5 Å². The molecule has 0 radical (unpaired) electrons. The molecule has 118 valence electrons. The van der Waals surface area contributed by atoms with Crippen molar-refractivity contribution in [1.82, 2.24) is 10.2 Å². The number of amides is 1. The number of sulfone groups is 1. The first-order valence-electron chi connectivity index (χ1n) is 6.33. The Hall–Kier alpha value is -2.26. The molecule has 1 aromatic carbocycles. The molecule has 1 aromatic heterocycles. The number of nitrogens with zero attached hydrogens (tertiary/aromatic N) is 2. The normalized spacial score (nSPS) is 11.4. The van der Waals surface area contributed by atoms with Crippen LogP contribution in [0.25, 0.3) is 0 Å². The number of carbonyl (C=O) groups excluding carboxylic acids is 1. The molecular weight excluding hydrogens is 310 g/mol. The van der Waals surface area contributed by atoms with Crippen molar-refractivity contribution in [3.63, 3.8) is 0 Å². The molecule has 2 rings (SSSR count). The maximum atomic E-state index is 12.0. The van der Waals surface area contributed by atoms with Crippen LogP contribution in [0.5, 0.6) is 0 Å². The molecule has 0 fully saturated rings. The minimum Gasteiger partial charge on any atom is -0.408 e. The van der Waals surface area contributed by atoms with E-state index in [9.17, 15) is 13.2 Å². The number of hydrogen-bond acceptors (Lipinski definition) is 7. The SMILES string of the molecule is COCCc1nnc(NC(=O)c2ccc(S(C)(=O)=O)cc2)o1. The molecule has 0 saturated heterocycles. The average molecular weight is 325 g/mol. The standard InChI is InChI=1S/C13H15N3O5S/c1-20-8-7-11-15-16-13(21-11)14-12(17)9-3-5-10(6-4-9)22(2,18)19/h3-6H,7-8H2,1-2H3,(H,14,16,17). The minimum absolute atomic E-state index is 0.0247. The monoisotopic (exact) mass is 325 g/mol. The number of benzene rings is 1. The zero-order chi connectivity index (χ0) is 16.2. The summed E-state index contributed by atoms with van der Waals surface area (Å²) in [6, 6.07) is 5.52. The van der Waals surface area contributed by atoms with Crippen molar-refractivity contribution in [3.05, 3.63) is 35.7 Å². The van der Waals surface area contributed by atoms with Crippen molar-refractivity contribution >= 4 is 21.8 Å². The van der Waals surface area contributed by atoms with Crippen LogP contribution < -0.4 is 5.32 Å². The maximum absolute atomic E-state index is 12.0. The molecule has 0 aliphatic heterocycles. The second kappa shape index (κ2) is 6.67. The molecule has 0 saturated carbocycles. The van der Waals surface area contributed by atoms with Gasteiger partial charge in [0.05, 0.1) is 11.5 Å². The molecule has 1 heterocycles. The van der Waals surface area contributed by atoms with E-state index in [1.54, 1.807) is 7.11 Å². The maximum Gasteiger partial charge on any atom is 0.322 e. The Labute approximate surface area is 127 Å². The van der Waals surface area contributed by atoms with Crippen LogP contribution in [-0.4, -0.2) is 44.5 Å². The fourth-order valence-electron chi connectivity index (χ4n) is 1.62. The molecule has 1 amide bonds. The molecule has 9 heteroatoms. The van der Waals surface area contributed by atoms with Gasteiger partial charge in [-0.2, -0.15) is 0 Å². The highest BCUT2D eigenvalue weighted by molar-refractivity contribution is 7.90. The van der Waals surface area contributed by atoms with Crippen LogP contribution in [0.1, 0.15) is 16.2 Å². The van der Waals surface area contributed by atoms with Gasteiger partial charge >= 0.3 is 6.01 Å². The van der Waals surface area contributed by atoms with Gasteiger partial charge in [0.15, 0.2) is 9.84 Å². The molecule has 0 atom stereocenters. The summed E-state index contributed by atoms with van der Waals surface area (Å²) in [7, 11) is -1.74. The quantitative estimate of drug-likeness (QED) is 0.840. The Bertz CT molecular complexity index is 752. The summed E-state index contributed by atoms with van der Waals surface area (Å²) in [5, 5.41) is 9.89. The Morgan fingerprint density at radius 1 is 1.27 bits per heavy atom. The first-order chi connectivity index (χ1) is 10.4. The van der Waals surface area contributed by atoms with E-state index < -0.39 is 15.7 Å². The molecule has 0 bridgehead atoms. The van der Waals surface area contributed by atoms with Crippen LogP contribution in [0.15, 0.2) is 33.6 Å². The number of rotatable bonds is 6. The smallest absolute Gasteiger partial charge is 0.322 e. The lowest BCUT2D eigenvalue weighted by molar-refractivity contribution is 0.102. The Morgan fingerprint density at radius 2 is 1.95 bits per heavy atom. The van der Waals surface area contributed by atoms with Crippen molar-refractivity contribution in [3.8, 4) is 0 Å². The van der Waals surface area contributed by atoms with E-state index in [1.165, 1.54) is 24.3 Å². The van der Waals surface area contributed by atoms with Crippen LogP contribution in [-0.2, 0) is 21.0 Å². The van der Waals surface area contributed by atoms with E-state index in [0.29, 0.717) is 18.9 Å². The van der Waals surface area contributed by atoms with Crippen molar-refractivity contribution in [2.75, 3.05) is 25.3 Å². The Morgan fingerprint density at radius 3 is 2.55 bits per heavy atom. The highest BCUT2D eigenvalue weighted by Crippen LogP contribution is 2.12. The van der Waals surface area contributed by atoms with Crippen LogP contribution in [0.3, 0.4) is 0 Å². The lowest BCUT2D eigenvalue weighted by Crippen LogP contribution is -2.12. The first-order valence-corrected chi connectivity index (χ1v) is 8.22. The molecule has 0 unspecified atom stereocenters. The van der Waals surface area contributed by atoms with Gasteiger partial charge in [0.1, 0.15) is 0 Å². The predicted octanol–water partition coefficient (Wildman–Crippen LogP) is 0.914. The second-order valence-corrected chi connectivity index (χ2v) is 6.51. The summed E-state index contributed by atoms with van der Waals surface area (Å²) < 4.78 is 32.8. The lowest BCUT2D eigenvalue weighted by atomic mass is 10.2. The van der Waals surface area contributed by atoms with Crippen molar-refractivity contribution in [2.45, 2.75) is 11.3 Å². The van der Waals surface area contributed by atoms with Gasteiger partial charge in [0.2, 0.25) is 5.89 Å². The van der Waals surface area contributed by atoms with Gasteiger partial charge in [0.25, 0.3) is 5.91 Å². The molecule has 2 aromatic rings. The summed E-state index contributed by atoms with van der Waals surface area (Å²) >= 11 is 0. The highest BCUT2D eigenvalue weighted by atomic mass is 32.2. The second-order valence-electron chi connectivity index (χ2n) is 4.49. The molecule has 22 heavy (non-hydrogen) atoms. The molecule has 0 aliphatic carbocycles. The van der Waals surface area contributed by atoms with Crippen LogP contribution in [0.4, 0.5) is 6.01 Å². The number of ether oxygens (including phenoxy) is 1. The van der Waals surface area contributed by atoms with Crippen molar-refractivity contribution in [2.24, 2.45) is 0 Å². The van der Waals surface area contributed by atoms with Crippen molar-refractivity contribution in [1.29, 1.82) is 0 Å². The van der Waals surface area contributed by atoms with Gasteiger partial charge in [-0.15, -0.1) is 5.10 Å². The molecule has 0 spiro atoms. The van der Waals surface area contributed by atoms with Gasteiger partial charge in [-0.05, 0) is 24.3 Å². The number of nitrogens with one attached hydrogen (secondary N) is 1. The van der Waals surface area contributed by atoms with Crippen LogP contribution in [0.2, 0.25) is 0 Å². The number of hydrogen-bond donors (Lipinski definition) is 1. The predicted molar refractivity (Wildman–Crippen MR) is 77.4 cm³/mol. The Kier molecular flexibility index (Phi) is 4.88. The van der Waals surface area contributed by atoms with E-state index >= 15 is 0 Å². The average Bonchev–Trinajstić information content (AvgIpc) is 2.92. The Balaban J connectivity index is 2.04.